The molecule has 0 saturated carbocycles. The van der Waals surface area contributed by atoms with Gasteiger partial charge in [-0.05, 0) is 24.4 Å². The zero-order chi connectivity index (χ0) is 9.40. The van der Waals surface area contributed by atoms with E-state index < -0.39 is 0 Å². The van der Waals surface area contributed by atoms with Crippen LogP contribution in [0.5, 0.6) is 0 Å². The molecule has 0 atom stereocenters. The molecule has 6 N–H and O–H groups in total. The summed E-state index contributed by atoms with van der Waals surface area (Å²) < 4.78 is 0. The Balaban J connectivity index is 0. The number of hydrazone groups is 2. The van der Waals surface area contributed by atoms with E-state index in [1.165, 1.54) is 12.4 Å². The molecule has 0 saturated heterocycles. The van der Waals surface area contributed by atoms with Crippen molar-refractivity contribution in [1.82, 2.24) is 10.9 Å². The van der Waals surface area contributed by atoms with E-state index in [2.05, 4.69) is 45.5 Å². The van der Waals surface area contributed by atoms with Crippen molar-refractivity contribution in [1.29, 1.82) is 0 Å². The summed E-state index contributed by atoms with van der Waals surface area (Å²) in [4.78, 5) is 0. The molecule has 0 unspecified atom stereocenters. The van der Waals surface area contributed by atoms with Crippen LogP contribution in [0.25, 0.3) is 0 Å². The molecule has 0 spiro atoms. The first-order chi connectivity index (χ1) is 5.63. The van der Waals surface area contributed by atoms with Crippen LogP contribution in [0.15, 0.2) is 10.2 Å². The van der Waals surface area contributed by atoms with Crippen LogP contribution >= 0.6 is 24.4 Å². The maximum absolute atomic E-state index is 5.06. The predicted molar refractivity (Wildman–Crippen MR) is 56.8 cm³/mol. The molecule has 0 aromatic heterocycles. The van der Waals surface area contributed by atoms with Gasteiger partial charge in [-0.25, -0.2) is 0 Å². The van der Waals surface area contributed by atoms with Gasteiger partial charge in [-0.1, -0.05) is 0 Å². The average Bonchev–Trinajstić information content (AvgIpc) is 1.95. The standard InChI is InChI=1S/C4H8N6S2.Cu/c5-3(11)9-7-1-2-8-10-4(6)12;/h1-2H,(H3,5,9,11)(H3,6,10,12);. The third-order valence-corrected chi connectivity index (χ3v) is 0.748. The summed E-state index contributed by atoms with van der Waals surface area (Å²) >= 11 is 8.93. The maximum Gasteiger partial charge on any atom is 0.184 e. The van der Waals surface area contributed by atoms with E-state index in [4.69, 9.17) is 11.5 Å². The quantitative estimate of drug-likeness (QED) is 0.218. The first kappa shape index (κ1) is 14.7. The Morgan fingerprint density at radius 3 is 1.54 bits per heavy atom. The van der Waals surface area contributed by atoms with E-state index in [1.54, 1.807) is 0 Å². The molecule has 9 heteroatoms. The molecule has 1 radical (unpaired) electrons. The molecule has 77 valence electrons. The van der Waals surface area contributed by atoms with Crippen LogP contribution in [0.2, 0.25) is 0 Å². The van der Waals surface area contributed by atoms with Crippen LogP contribution in [0, 0.1) is 0 Å². The summed E-state index contributed by atoms with van der Waals surface area (Å²) in [5.74, 6) is 0. The average molecular weight is 268 g/mol. The molecule has 6 nitrogen and oxygen atoms in total. The van der Waals surface area contributed by atoms with Crippen molar-refractivity contribution in [3.63, 3.8) is 0 Å². The fourth-order valence-electron chi connectivity index (χ4n) is 0.268. The first-order valence-corrected chi connectivity index (χ1v) is 3.60. The van der Waals surface area contributed by atoms with Gasteiger partial charge >= 0.3 is 0 Å². The second-order valence-electron chi connectivity index (χ2n) is 1.51. The van der Waals surface area contributed by atoms with Crippen LogP contribution < -0.4 is 22.3 Å². The van der Waals surface area contributed by atoms with Crippen molar-refractivity contribution in [2.75, 3.05) is 0 Å². The molecule has 0 fully saturated rings. The Kier molecular flexibility index (Phi) is 10.6. The monoisotopic (exact) mass is 267 g/mol. The van der Waals surface area contributed by atoms with Gasteiger partial charge in [-0.15, -0.1) is 0 Å². The molecule has 0 aliphatic carbocycles. The summed E-state index contributed by atoms with van der Waals surface area (Å²) in [6.07, 6.45) is 2.68. The van der Waals surface area contributed by atoms with Gasteiger partial charge in [0.15, 0.2) is 10.2 Å². The van der Waals surface area contributed by atoms with Crippen LogP contribution in [0.1, 0.15) is 0 Å². The predicted octanol–water partition coefficient (Wildman–Crippen LogP) is -1.38. The summed E-state index contributed by atoms with van der Waals surface area (Å²) in [5.41, 5.74) is 14.8. The van der Waals surface area contributed by atoms with E-state index in [0.29, 0.717) is 0 Å². The van der Waals surface area contributed by atoms with Gasteiger partial charge in [0.25, 0.3) is 0 Å². The number of nitrogens with one attached hydrogen (secondary N) is 2. The minimum absolute atomic E-state index is 0. The molecule has 0 aliphatic rings. The molecule has 0 aromatic carbocycles. The Hall–Kier alpha value is -0.761. The Morgan fingerprint density at radius 1 is 1.00 bits per heavy atom. The second-order valence-corrected chi connectivity index (χ2v) is 2.39. The third-order valence-electron chi connectivity index (χ3n) is 0.565. The van der Waals surface area contributed by atoms with Crippen molar-refractivity contribution in [2.24, 2.45) is 21.7 Å². The topological polar surface area (TPSA) is 101 Å². The van der Waals surface area contributed by atoms with Gasteiger partial charge in [0.2, 0.25) is 0 Å². The molecular weight excluding hydrogens is 260 g/mol. The molecule has 13 heavy (non-hydrogen) atoms. The zero-order valence-electron chi connectivity index (χ0n) is 6.32. The van der Waals surface area contributed by atoms with Crippen molar-refractivity contribution in [3.05, 3.63) is 0 Å². The van der Waals surface area contributed by atoms with Crippen molar-refractivity contribution < 1.29 is 17.1 Å². The van der Waals surface area contributed by atoms with Gasteiger partial charge < -0.3 is 11.5 Å². The van der Waals surface area contributed by atoms with Crippen LogP contribution in [0.4, 0.5) is 0 Å². The molecule has 0 aliphatic heterocycles. The van der Waals surface area contributed by atoms with Crippen molar-refractivity contribution in [3.8, 4) is 0 Å². The number of thiocarbonyl (C=S) groups is 2. The Bertz CT molecular complexity index is 203. The smallest absolute Gasteiger partial charge is 0.184 e. The largest absolute Gasteiger partial charge is 0.375 e. The molecule has 0 amide bonds. The van der Waals surface area contributed by atoms with Crippen LogP contribution in [-0.2, 0) is 17.1 Å². The summed E-state index contributed by atoms with van der Waals surface area (Å²) in [6, 6.07) is 0. The second kappa shape index (κ2) is 9.33. The van der Waals surface area contributed by atoms with Gasteiger partial charge in [-0.2, -0.15) is 10.2 Å². The summed E-state index contributed by atoms with van der Waals surface area (Å²) in [6.45, 7) is 0. The minimum atomic E-state index is 0. The van der Waals surface area contributed by atoms with Crippen molar-refractivity contribution in [2.45, 2.75) is 0 Å². The van der Waals surface area contributed by atoms with E-state index in [-0.39, 0.29) is 27.3 Å². The number of nitrogens with two attached hydrogens (primary N) is 2. The van der Waals surface area contributed by atoms with Gasteiger partial charge in [0.05, 0.1) is 12.4 Å². The Morgan fingerprint density at radius 2 is 1.31 bits per heavy atom. The SMILES string of the molecule is NC(=S)NN=CC=NNC(N)=S.[Cu]. The summed E-state index contributed by atoms with van der Waals surface area (Å²) in [7, 11) is 0. The van der Waals surface area contributed by atoms with Gasteiger partial charge in [0.1, 0.15) is 0 Å². The van der Waals surface area contributed by atoms with Crippen LogP contribution in [0.3, 0.4) is 0 Å². The molecule has 0 rings (SSSR count). The third kappa shape index (κ3) is 14.1. The summed E-state index contributed by atoms with van der Waals surface area (Å²) in [5, 5.41) is 7.28. The zero-order valence-corrected chi connectivity index (χ0v) is 8.90. The molecule has 0 bridgehead atoms. The van der Waals surface area contributed by atoms with Gasteiger partial charge in [-0.3, -0.25) is 10.9 Å². The van der Waals surface area contributed by atoms with Crippen molar-refractivity contribution >= 4 is 47.1 Å². The minimum Gasteiger partial charge on any atom is -0.375 e. The number of rotatable bonds is 3. The van der Waals surface area contributed by atoms with E-state index in [9.17, 15) is 0 Å². The molecule has 0 heterocycles. The Labute approximate surface area is 96.7 Å². The number of nitrogens with zero attached hydrogens (tertiary/aromatic N) is 2. The molecular formula is C4H8CuN6S2. The van der Waals surface area contributed by atoms with E-state index >= 15 is 0 Å². The number of hydrogen-bond donors (Lipinski definition) is 4. The van der Waals surface area contributed by atoms with E-state index in [0.717, 1.165) is 0 Å². The van der Waals surface area contributed by atoms with Gasteiger partial charge in [0, 0.05) is 17.1 Å². The fraction of sp³-hybridized carbons (Fsp3) is 0. The number of hydrogen-bond acceptors (Lipinski definition) is 4. The normalized spacial score (nSPS) is 9.54. The molecule has 0 aromatic rings. The van der Waals surface area contributed by atoms with E-state index in [1.807, 2.05) is 0 Å². The first-order valence-electron chi connectivity index (χ1n) is 2.78. The van der Waals surface area contributed by atoms with Crippen LogP contribution in [-0.4, -0.2) is 22.7 Å². The fourth-order valence-corrected chi connectivity index (χ4v) is 0.374. The maximum atomic E-state index is 5.06.